The van der Waals surface area contributed by atoms with E-state index >= 15 is 0 Å². The van der Waals surface area contributed by atoms with Gasteiger partial charge in [0.2, 0.25) is 0 Å². The molecule has 0 aliphatic carbocycles. The molecule has 0 heterocycles. The number of ether oxygens (including phenoxy) is 1. The van der Waals surface area contributed by atoms with Crippen molar-refractivity contribution in [3.05, 3.63) is 28.2 Å². The van der Waals surface area contributed by atoms with Crippen molar-refractivity contribution in [1.82, 2.24) is 0 Å². The summed E-state index contributed by atoms with van der Waals surface area (Å²) < 4.78 is 5.87. The minimum atomic E-state index is -0.962. The van der Waals surface area contributed by atoms with Crippen LogP contribution in [0.3, 0.4) is 0 Å². The number of hydrogen-bond donors (Lipinski definition) is 1. The molecule has 0 unspecified atom stereocenters. The first-order chi connectivity index (χ1) is 7.65. The average Bonchev–Trinajstić information content (AvgIpc) is 2.30. The van der Waals surface area contributed by atoms with E-state index in [4.69, 9.17) is 17.7 Å². The number of halogens is 1. The van der Waals surface area contributed by atoms with E-state index in [0.29, 0.717) is 23.1 Å². The van der Waals surface area contributed by atoms with Gasteiger partial charge in [0, 0.05) is 27.3 Å². The molecular formula is C10H11BBrCdO3S-. The molecule has 0 bridgehead atoms. The molecule has 0 aliphatic heterocycles. The number of carbonyl (C=O) groups is 1. The Hall–Kier alpha value is 0.307. The maximum atomic E-state index is 10.6. The molecule has 1 aromatic carbocycles. The minimum Gasteiger partial charge on any atom is -0.796 e. The van der Waals surface area contributed by atoms with Gasteiger partial charge in [-0.3, -0.25) is 0 Å². The van der Waals surface area contributed by atoms with Crippen molar-refractivity contribution in [2.75, 3.05) is 12.9 Å². The summed E-state index contributed by atoms with van der Waals surface area (Å²) in [5, 5.41) is 8.69. The molecule has 0 atom stereocenters. The van der Waals surface area contributed by atoms with Crippen LogP contribution in [0.15, 0.2) is 22.7 Å². The number of carboxylic acid groups (broad SMARTS) is 1. The van der Waals surface area contributed by atoms with Crippen LogP contribution in [-0.2, 0) is 39.9 Å². The summed E-state index contributed by atoms with van der Waals surface area (Å²) in [5.41, 5.74) is 0.219. The van der Waals surface area contributed by atoms with Crippen LogP contribution < -0.4 is 4.74 Å². The van der Waals surface area contributed by atoms with Gasteiger partial charge in [-0.15, -0.1) is 0 Å². The molecule has 1 N–H and O–H groups in total. The predicted octanol–water partition coefficient (Wildman–Crippen LogP) is 2.27. The first-order valence-corrected chi connectivity index (χ1v) is 6.02. The van der Waals surface area contributed by atoms with Gasteiger partial charge in [0.15, 0.2) is 0 Å². The summed E-state index contributed by atoms with van der Waals surface area (Å²) in [5.74, 6) is -0.364. The maximum Gasteiger partial charge on any atom is 0.335 e. The molecule has 0 fully saturated rings. The first-order valence-electron chi connectivity index (χ1n) is 4.41. The Balaban J connectivity index is 0. The quantitative estimate of drug-likeness (QED) is 0.607. The molecular weight excluding hydrogens is 403 g/mol. The maximum absolute atomic E-state index is 10.6. The molecule has 88 valence electrons. The van der Waals surface area contributed by atoms with Crippen molar-refractivity contribution in [2.24, 2.45) is 0 Å². The van der Waals surface area contributed by atoms with Gasteiger partial charge in [-0.25, -0.2) is 4.79 Å². The van der Waals surface area contributed by atoms with Gasteiger partial charge in [0.1, 0.15) is 5.75 Å². The fourth-order valence-corrected chi connectivity index (χ4v) is 1.41. The molecule has 1 aromatic rings. The number of benzene rings is 1. The summed E-state index contributed by atoms with van der Waals surface area (Å²) in [6, 6.07) is 4.58. The Morgan fingerprint density at radius 2 is 2.12 bits per heavy atom. The Labute approximate surface area is 136 Å². The van der Waals surface area contributed by atoms with E-state index in [9.17, 15) is 4.79 Å². The van der Waals surface area contributed by atoms with Crippen molar-refractivity contribution in [1.29, 1.82) is 0 Å². The SMILES string of the molecule is C[S-].[B]CCOc1ccc(C(=O)O)cc1Br.[Cd]. The van der Waals surface area contributed by atoms with Crippen molar-refractivity contribution in [3.63, 3.8) is 0 Å². The van der Waals surface area contributed by atoms with E-state index in [2.05, 4.69) is 28.6 Å². The van der Waals surface area contributed by atoms with Crippen LogP contribution in [-0.4, -0.2) is 31.8 Å². The van der Waals surface area contributed by atoms with Gasteiger partial charge in [0.05, 0.1) is 24.5 Å². The molecule has 0 aliphatic rings. The summed E-state index contributed by atoms with van der Waals surface area (Å²) in [4.78, 5) is 10.6. The molecule has 0 saturated carbocycles. The van der Waals surface area contributed by atoms with Crippen LogP contribution in [0.4, 0.5) is 0 Å². The van der Waals surface area contributed by atoms with Crippen LogP contribution in [0.1, 0.15) is 10.4 Å². The predicted molar refractivity (Wildman–Crippen MR) is 70.4 cm³/mol. The fourth-order valence-electron chi connectivity index (χ4n) is 0.920. The summed E-state index contributed by atoms with van der Waals surface area (Å²) in [7, 11) is 5.27. The van der Waals surface area contributed by atoms with Gasteiger partial charge in [-0.1, -0.05) is 6.32 Å². The smallest absolute Gasteiger partial charge is 0.335 e. The van der Waals surface area contributed by atoms with Crippen LogP contribution >= 0.6 is 15.9 Å². The molecule has 0 amide bonds. The van der Waals surface area contributed by atoms with Gasteiger partial charge < -0.3 is 22.5 Å². The molecule has 0 saturated heterocycles. The van der Waals surface area contributed by atoms with Crippen molar-refractivity contribution in [3.8, 4) is 5.75 Å². The second kappa shape index (κ2) is 11.4. The molecule has 0 aromatic heterocycles. The number of rotatable bonds is 4. The number of aromatic carboxylic acids is 1. The Morgan fingerprint density at radius 3 is 2.53 bits per heavy atom. The number of carboxylic acids is 1. The summed E-state index contributed by atoms with van der Waals surface area (Å²) in [6.45, 7) is 0.408. The van der Waals surface area contributed by atoms with E-state index in [1.807, 2.05) is 0 Å². The van der Waals surface area contributed by atoms with E-state index in [-0.39, 0.29) is 32.9 Å². The third-order valence-corrected chi connectivity index (χ3v) is 2.17. The molecule has 7 heteroatoms. The molecule has 1 rings (SSSR count). The largest absolute Gasteiger partial charge is 0.796 e. The number of hydrogen-bond acceptors (Lipinski definition) is 3. The molecule has 0 spiro atoms. The molecule has 2 radical (unpaired) electrons. The third kappa shape index (κ3) is 7.35. The second-order valence-electron chi connectivity index (χ2n) is 2.59. The van der Waals surface area contributed by atoms with Gasteiger partial charge >= 0.3 is 5.97 Å². The second-order valence-corrected chi connectivity index (χ2v) is 3.44. The zero-order valence-electron chi connectivity index (χ0n) is 9.48. The van der Waals surface area contributed by atoms with Gasteiger partial charge in [-0.2, -0.15) is 6.26 Å². The van der Waals surface area contributed by atoms with Crippen molar-refractivity contribution < 1.29 is 41.9 Å². The molecule has 3 nitrogen and oxygen atoms in total. The van der Waals surface area contributed by atoms with Gasteiger partial charge in [0.25, 0.3) is 0 Å². The van der Waals surface area contributed by atoms with Crippen LogP contribution in [0.5, 0.6) is 5.75 Å². The van der Waals surface area contributed by atoms with Crippen LogP contribution in [0.25, 0.3) is 0 Å². The first kappa shape index (κ1) is 19.6. The molecule has 17 heavy (non-hydrogen) atoms. The zero-order valence-corrected chi connectivity index (χ0v) is 15.9. The Morgan fingerprint density at radius 1 is 1.53 bits per heavy atom. The normalized spacial score (nSPS) is 8.41. The average molecular weight is 414 g/mol. The summed E-state index contributed by atoms with van der Waals surface area (Å²) >= 11 is 7.30. The standard InChI is InChI=1S/C9H8BBrO3.CH4S.Cd/c10-3-4-14-8-2-1-6(9(12)13)5-7(8)11;1-2;/h1-2,5H,3-4H2,(H,12,13);2H,1H3;/p-1. The van der Waals surface area contributed by atoms with Crippen LogP contribution in [0, 0.1) is 0 Å². The van der Waals surface area contributed by atoms with Crippen molar-refractivity contribution in [2.45, 2.75) is 6.32 Å². The monoisotopic (exact) mass is 415 g/mol. The van der Waals surface area contributed by atoms with E-state index < -0.39 is 5.97 Å². The topological polar surface area (TPSA) is 46.5 Å². The van der Waals surface area contributed by atoms with E-state index in [1.54, 1.807) is 12.3 Å². The van der Waals surface area contributed by atoms with E-state index in [0.717, 1.165) is 0 Å². The van der Waals surface area contributed by atoms with Crippen molar-refractivity contribution >= 4 is 42.4 Å². The Kier molecular flexibility index (Phi) is 13.2. The zero-order chi connectivity index (χ0) is 12.6. The third-order valence-electron chi connectivity index (χ3n) is 1.55. The fraction of sp³-hybridized carbons (Fsp3) is 0.300. The van der Waals surface area contributed by atoms with E-state index in [1.165, 1.54) is 12.1 Å². The summed E-state index contributed by atoms with van der Waals surface area (Å²) in [6.07, 6.45) is 2.01. The minimum absolute atomic E-state index is 0. The Bertz CT molecular complexity index is 352. The van der Waals surface area contributed by atoms with Crippen LogP contribution in [0.2, 0.25) is 6.32 Å². The van der Waals surface area contributed by atoms with Gasteiger partial charge in [-0.05, 0) is 34.1 Å².